The van der Waals surface area contributed by atoms with Gasteiger partial charge in [0.05, 0.1) is 40.0 Å². The van der Waals surface area contributed by atoms with Crippen molar-refractivity contribution in [2.75, 3.05) is 19.8 Å². The smallest absolute Gasteiger partial charge is 0.338 e. The zero-order valence-corrected chi connectivity index (χ0v) is 18.6. The number of fused-ring (bicyclic) bond motifs is 2. The van der Waals surface area contributed by atoms with Gasteiger partial charge in [0.25, 0.3) is 5.91 Å². The Bertz CT molecular complexity index is 1360. The Balaban J connectivity index is 1.77. The van der Waals surface area contributed by atoms with Gasteiger partial charge in [0.15, 0.2) is 4.80 Å². The highest BCUT2D eigenvalue weighted by atomic mass is 32.1. The molecule has 0 saturated heterocycles. The van der Waals surface area contributed by atoms with Crippen LogP contribution < -0.4 is 4.80 Å². The van der Waals surface area contributed by atoms with E-state index in [1.54, 1.807) is 49.6 Å². The molecule has 0 unspecified atom stereocenters. The summed E-state index contributed by atoms with van der Waals surface area (Å²) in [7, 11) is 0. The predicted octanol–water partition coefficient (Wildman–Crippen LogP) is 3.60. The third kappa shape index (κ3) is 4.58. The maximum Gasteiger partial charge on any atom is 0.338 e. The third-order valence-corrected chi connectivity index (χ3v) is 5.81. The first-order chi connectivity index (χ1) is 15.6. The zero-order chi connectivity index (χ0) is 22.5. The number of amides is 1. The molecule has 0 N–H and O–H groups in total. The normalized spacial score (nSPS) is 11.9. The Morgan fingerprint density at radius 3 is 2.56 bits per heavy atom. The minimum Gasteiger partial charge on any atom is -0.462 e. The first-order valence-electron chi connectivity index (χ1n) is 10.3. The van der Waals surface area contributed by atoms with Crippen LogP contribution in [-0.2, 0) is 16.0 Å². The Kier molecular flexibility index (Phi) is 6.67. The summed E-state index contributed by atoms with van der Waals surface area (Å²) in [6.45, 7) is 5.61. The minimum absolute atomic E-state index is 0.306. The lowest BCUT2D eigenvalue weighted by atomic mass is 10.2. The number of carbonyl (C=O) groups is 2. The van der Waals surface area contributed by atoms with Gasteiger partial charge >= 0.3 is 5.97 Å². The van der Waals surface area contributed by atoms with E-state index in [1.165, 1.54) is 11.3 Å². The fraction of sp³-hybridized carbons (Fsp3) is 0.261. The van der Waals surface area contributed by atoms with E-state index in [0.29, 0.717) is 53.3 Å². The van der Waals surface area contributed by atoms with Crippen molar-refractivity contribution in [1.29, 1.82) is 0 Å². The number of esters is 1. The first kappa shape index (κ1) is 21.8. The standard InChI is InChI=1S/C23H22N4O4S/c1-3-30-12-11-27-19-8-6-16(22(29)31-4-2)14-20(19)32-23(27)26-21(28)15-5-7-17-18(13-15)25-10-9-24-17/h5-10,13-14H,3-4,11-12H2,1-2H3. The average molecular weight is 451 g/mol. The molecular formula is C23H22N4O4S. The number of nitrogens with zero attached hydrogens (tertiary/aromatic N) is 4. The van der Waals surface area contributed by atoms with Crippen molar-refractivity contribution >= 4 is 44.5 Å². The van der Waals surface area contributed by atoms with Gasteiger partial charge < -0.3 is 14.0 Å². The van der Waals surface area contributed by atoms with E-state index in [1.807, 2.05) is 17.6 Å². The molecule has 4 rings (SSSR count). The van der Waals surface area contributed by atoms with Crippen molar-refractivity contribution in [3.05, 3.63) is 64.7 Å². The first-order valence-corrected chi connectivity index (χ1v) is 11.1. The molecule has 0 spiro atoms. The number of hydrogen-bond donors (Lipinski definition) is 0. The Hall–Kier alpha value is -3.43. The third-order valence-electron chi connectivity index (χ3n) is 4.77. The van der Waals surface area contributed by atoms with Crippen LogP contribution in [0.3, 0.4) is 0 Å². The molecule has 4 aromatic rings. The van der Waals surface area contributed by atoms with Crippen molar-refractivity contribution in [3.63, 3.8) is 0 Å². The van der Waals surface area contributed by atoms with Gasteiger partial charge in [-0.25, -0.2) is 4.79 Å². The van der Waals surface area contributed by atoms with E-state index in [4.69, 9.17) is 9.47 Å². The average Bonchev–Trinajstić information content (AvgIpc) is 3.15. The van der Waals surface area contributed by atoms with Gasteiger partial charge in [-0.1, -0.05) is 11.3 Å². The summed E-state index contributed by atoms with van der Waals surface area (Å²) in [6.07, 6.45) is 3.19. The van der Waals surface area contributed by atoms with Gasteiger partial charge in [-0.3, -0.25) is 14.8 Å². The lowest BCUT2D eigenvalue weighted by Gasteiger charge is -2.06. The second-order valence-electron chi connectivity index (χ2n) is 6.81. The number of aromatic nitrogens is 3. The van der Waals surface area contributed by atoms with Crippen molar-refractivity contribution < 1.29 is 19.1 Å². The molecule has 0 aliphatic heterocycles. The SMILES string of the molecule is CCOCCn1c(=NC(=O)c2ccc3nccnc3c2)sc2cc(C(=O)OCC)ccc21. The summed E-state index contributed by atoms with van der Waals surface area (Å²) in [6, 6.07) is 10.5. The summed E-state index contributed by atoms with van der Waals surface area (Å²) < 4.78 is 13.4. The van der Waals surface area contributed by atoms with Crippen molar-refractivity contribution in [2.24, 2.45) is 4.99 Å². The second-order valence-corrected chi connectivity index (χ2v) is 7.82. The zero-order valence-electron chi connectivity index (χ0n) is 17.8. The van der Waals surface area contributed by atoms with Crippen LogP contribution in [0.1, 0.15) is 34.6 Å². The molecule has 8 nitrogen and oxygen atoms in total. The molecule has 0 fully saturated rings. The molecule has 0 saturated carbocycles. The lowest BCUT2D eigenvalue weighted by Crippen LogP contribution is -2.19. The van der Waals surface area contributed by atoms with Crippen molar-refractivity contribution in [2.45, 2.75) is 20.4 Å². The van der Waals surface area contributed by atoms with Gasteiger partial charge in [-0.05, 0) is 50.2 Å². The summed E-state index contributed by atoms with van der Waals surface area (Å²) in [5, 5.41) is 0. The molecule has 0 aliphatic rings. The number of hydrogen-bond acceptors (Lipinski definition) is 7. The maximum absolute atomic E-state index is 13.0. The highest BCUT2D eigenvalue weighted by Gasteiger charge is 2.13. The molecule has 0 radical (unpaired) electrons. The molecule has 0 atom stereocenters. The molecule has 32 heavy (non-hydrogen) atoms. The van der Waals surface area contributed by atoms with Crippen LogP contribution in [0.5, 0.6) is 0 Å². The van der Waals surface area contributed by atoms with Gasteiger partial charge in [0.2, 0.25) is 0 Å². The number of carbonyl (C=O) groups excluding carboxylic acids is 2. The number of rotatable bonds is 7. The minimum atomic E-state index is -0.379. The van der Waals surface area contributed by atoms with Crippen LogP contribution in [0.2, 0.25) is 0 Å². The quantitative estimate of drug-likeness (QED) is 0.315. The number of benzene rings is 2. The Morgan fingerprint density at radius 2 is 1.78 bits per heavy atom. The molecule has 1 amide bonds. The van der Waals surface area contributed by atoms with Crippen LogP contribution in [0.15, 0.2) is 53.8 Å². The van der Waals surface area contributed by atoms with Gasteiger partial charge in [-0.15, -0.1) is 0 Å². The van der Waals surface area contributed by atoms with Gasteiger partial charge in [0, 0.05) is 31.1 Å². The lowest BCUT2D eigenvalue weighted by molar-refractivity contribution is 0.0526. The molecule has 2 aromatic carbocycles. The van der Waals surface area contributed by atoms with E-state index < -0.39 is 0 Å². The Morgan fingerprint density at radius 1 is 1.00 bits per heavy atom. The summed E-state index contributed by atoms with van der Waals surface area (Å²) in [5.74, 6) is -0.754. The van der Waals surface area contributed by atoms with E-state index >= 15 is 0 Å². The van der Waals surface area contributed by atoms with E-state index in [0.717, 1.165) is 10.2 Å². The van der Waals surface area contributed by atoms with Gasteiger partial charge in [-0.2, -0.15) is 4.99 Å². The fourth-order valence-electron chi connectivity index (χ4n) is 3.26. The molecule has 164 valence electrons. The van der Waals surface area contributed by atoms with E-state index in [9.17, 15) is 9.59 Å². The largest absolute Gasteiger partial charge is 0.462 e. The highest BCUT2D eigenvalue weighted by molar-refractivity contribution is 7.16. The summed E-state index contributed by atoms with van der Waals surface area (Å²) in [5.41, 5.74) is 3.11. The van der Waals surface area contributed by atoms with Crippen molar-refractivity contribution in [1.82, 2.24) is 14.5 Å². The molecular weight excluding hydrogens is 428 g/mol. The van der Waals surface area contributed by atoms with Gasteiger partial charge in [0.1, 0.15) is 0 Å². The summed E-state index contributed by atoms with van der Waals surface area (Å²) in [4.78, 5) is 38.5. The monoisotopic (exact) mass is 450 g/mol. The molecule has 2 heterocycles. The molecule has 2 aromatic heterocycles. The predicted molar refractivity (Wildman–Crippen MR) is 122 cm³/mol. The molecule has 0 bridgehead atoms. The number of ether oxygens (including phenoxy) is 2. The molecule has 9 heteroatoms. The fourth-order valence-corrected chi connectivity index (χ4v) is 4.36. The summed E-state index contributed by atoms with van der Waals surface area (Å²) >= 11 is 1.34. The van der Waals surface area contributed by atoms with Crippen LogP contribution in [0, 0.1) is 0 Å². The van der Waals surface area contributed by atoms with Crippen LogP contribution in [-0.4, -0.2) is 46.2 Å². The molecule has 0 aliphatic carbocycles. The van der Waals surface area contributed by atoms with E-state index in [2.05, 4.69) is 15.0 Å². The van der Waals surface area contributed by atoms with Crippen LogP contribution >= 0.6 is 11.3 Å². The second kappa shape index (κ2) is 9.80. The van der Waals surface area contributed by atoms with Crippen molar-refractivity contribution in [3.8, 4) is 0 Å². The number of thiazole rings is 1. The maximum atomic E-state index is 13.0. The highest BCUT2D eigenvalue weighted by Crippen LogP contribution is 2.20. The van der Waals surface area contributed by atoms with Crippen LogP contribution in [0.4, 0.5) is 0 Å². The Labute approximate surface area is 188 Å². The van der Waals surface area contributed by atoms with E-state index in [-0.39, 0.29) is 11.9 Å². The topological polar surface area (TPSA) is 95.7 Å². The van der Waals surface area contributed by atoms with Crippen LogP contribution in [0.25, 0.3) is 21.3 Å².